The van der Waals surface area contributed by atoms with Crippen molar-refractivity contribution in [2.45, 2.75) is 38.8 Å². The number of amides is 1. The van der Waals surface area contributed by atoms with Crippen LogP contribution in [0.25, 0.3) is 0 Å². The van der Waals surface area contributed by atoms with Crippen molar-refractivity contribution in [1.29, 1.82) is 0 Å². The third kappa shape index (κ3) is 4.04. The summed E-state index contributed by atoms with van der Waals surface area (Å²) in [6, 6.07) is 0.0665. The van der Waals surface area contributed by atoms with Gasteiger partial charge in [0.25, 0.3) is 0 Å². The molecule has 104 valence electrons. The molecule has 1 fully saturated rings. The van der Waals surface area contributed by atoms with Gasteiger partial charge in [-0.2, -0.15) is 0 Å². The van der Waals surface area contributed by atoms with E-state index in [0.717, 1.165) is 18.8 Å². The summed E-state index contributed by atoms with van der Waals surface area (Å²) in [6.07, 6.45) is 3.55. The van der Waals surface area contributed by atoms with Crippen LogP contribution in [0.1, 0.15) is 27.2 Å². The van der Waals surface area contributed by atoms with Crippen molar-refractivity contribution in [3.8, 4) is 0 Å². The third-order valence-electron chi connectivity index (χ3n) is 2.70. The molecule has 2 rings (SSSR count). The van der Waals surface area contributed by atoms with E-state index in [1.807, 2.05) is 25.7 Å². The molecular formula is C12H19N5O2. The van der Waals surface area contributed by atoms with Gasteiger partial charge in [-0.15, -0.1) is 10.2 Å². The van der Waals surface area contributed by atoms with Crippen LogP contribution in [-0.4, -0.2) is 46.0 Å². The van der Waals surface area contributed by atoms with Crippen LogP contribution >= 0.6 is 0 Å². The first-order chi connectivity index (χ1) is 8.94. The van der Waals surface area contributed by atoms with E-state index >= 15 is 0 Å². The van der Waals surface area contributed by atoms with E-state index in [4.69, 9.17) is 4.74 Å². The first kappa shape index (κ1) is 13.5. The summed E-state index contributed by atoms with van der Waals surface area (Å²) in [5, 5.41) is 10.6. The molecule has 1 unspecified atom stereocenters. The van der Waals surface area contributed by atoms with Crippen LogP contribution in [0.4, 0.5) is 10.6 Å². The average Bonchev–Trinajstić information content (AvgIpc) is 2.76. The lowest BCUT2D eigenvalue weighted by Crippen LogP contribution is -2.40. The van der Waals surface area contributed by atoms with Gasteiger partial charge in [0.1, 0.15) is 11.9 Å². The van der Waals surface area contributed by atoms with Crippen LogP contribution in [0.2, 0.25) is 0 Å². The Morgan fingerprint density at radius 1 is 1.53 bits per heavy atom. The summed E-state index contributed by atoms with van der Waals surface area (Å²) in [6.45, 7) is 7.05. The summed E-state index contributed by atoms with van der Waals surface area (Å²) in [5.41, 5.74) is -0.475. The van der Waals surface area contributed by atoms with E-state index in [0.29, 0.717) is 6.54 Å². The van der Waals surface area contributed by atoms with Gasteiger partial charge in [-0.25, -0.2) is 9.78 Å². The third-order valence-corrected chi connectivity index (χ3v) is 2.70. The molecule has 19 heavy (non-hydrogen) atoms. The Labute approximate surface area is 112 Å². The van der Waals surface area contributed by atoms with Crippen LogP contribution in [0.5, 0.6) is 0 Å². The Hall–Kier alpha value is -1.92. The molecule has 0 aromatic carbocycles. The maximum absolute atomic E-state index is 11.7. The van der Waals surface area contributed by atoms with Gasteiger partial charge in [0.15, 0.2) is 5.82 Å². The molecule has 1 aromatic heterocycles. The predicted octanol–water partition coefficient (Wildman–Crippen LogP) is 0.975. The van der Waals surface area contributed by atoms with Gasteiger partial charge < -0.3 is 15.0 Å². The van der Waals surface area contributed by atoms with Crippen LogP contribution in [-0.2, 0) is 4.74 Å². The fourth-order valence-electron chi connectivity index (χ4n) is 1.95. The SMILES string of the molecule is CC(C)(C)OC(=O)NC1CCN(c2cncnn2)C1. The number of rotatable bonds is 2. The largest absolute Gasteiger partial charge is 0.444 e. The molecule has 1 atom stereocenters. The molecule has 1 aliphatic heterocycles. The highest BCUT2D eigenvalue weighted by Crippen LogP contribution is 2.16. The Bertz CT molecular complexity index is 431. The van der Waals surface area contributed by atoms with Gasteiger partial charge in [-0.1, -0.05) is 0 Å². The molecule has 0 bridgehead atoms. The number of nitrogens with zero attached hydrogens (tertiary/aromatic N) is 4. The summed E-state index contributed by atoms with van der Waals surface area (Å²) in [4.78, 5) is 17.6. The van der Waals surface area contributed by atoms with Crippen molar-refractivity contribution in [3.63, 3.8) is 0 Å². The number of carbonyl (C=O) groups is 1. The Morgan fingerprint density at radius 3 is 2.95 bits per heavy atom. The van der Waals surface area contributed by atoms with Crippen LogP contribution in [0.15, 0.2) is 12.5 Å². The zero-order chi connectivity index (χ0) is 13.9. The molecule has 1 aromatic rings. The van der Waals surface area contributed by atoms with E-state index in [2.05, 4.69) is 20.5 Å². The van der Waals surface area contributed by atoms with E-state index in [1.165, 1.54) is 6.33 Å². The normalized spacial score (nSPS) is 19.3. The molecule has 0 radical (unpaired) electrons. The monoisotopic (exact) mass is 265 g/mol. The fourth-order valence-corrected chi connectivity index (χ4v) is 1.95. The smallest absolute Gasteiger partial charge is 0.407 e. The number of ether oxygens (including phenoxy) is 1. The minimum atomic E-state index is -0.475. The lowest BCUT2D eigenvalue weighted by molar-refractivity contribution is 0.0509. The van der Waals surface area contributed by atoms with Crippen molar-refractivity contribution in [3.05, 3.63) is 12.5 Å². The number of carbonyl (C=O) groups excluding carboxylic acids is 1. The van der Waals surface area contributed by atoms with Crippen molar-refractivity contribution < 1.29 is 9.53 Å². The topological polar surface area (TPSA) is 80.2 Å². The molecule has 1 amide bonds. The minimum absolute atomic E-state index is 0.0665. The molecular weight excluding hydrogens is 246 g/mol. The fraction of sp³-hybridized carbons (Fsp3) is 0.667. The Morgan fingerprint density at radius 2 is 2.32 bits per heavy atom. The quantitative estimate of drug-likeness (QED) is 0.858. The number of alkyl carbamates (subject to hydrolysis) is 1. The molecule has 0 saturated carbocycles. The van der Waals surface area contributed by atoms with Gasteiger partial charge in [-0.3, -0.25) is 0 Å². The average molecular weight is 265 g/mol. The summed E-state index contributed by atoms with van der Waals surface area (Å²) >= 11 is 0. The Kier molecular flexibility index (Phi) is 3.82. The second kappa shape index (κ2) is 5.38. The molecule has 1 aliphatic rings. The van der Waals surface area contributed by atoms with Crippen LogP contribution in [0, 0.1) is 0 Å². The van der Waals surface area contributed by atoms with Crippen LogP contribution < -0.4 is 10.2 Å². The first-order valence-electron chi connectivity index (χ1n) is 6.31. The second-order valence-electron chi connectivity index (χ2n) is 5.55. The number of anilines is 1. The molecule has 7 nitrogen and oxygen atoms in total. The second-order valence-corrected chi connectivity index (χ2v) is 5.55. The van der Waals surface area contributed by atoms with Crippen molar-refractivity contribution in [1.82, 2.24) is 20.5 Å². The highest BCUT2D eigenvalue weighted by molar-refractivity contribution is 5.68. The first-order valence-corrected chi connectivity index (χ1v) is 6.31. The van der Waals surface area contributed by atoms with E-state index in [9.17, 15) is 4.79 Å². The number of hydrogen-bond acceptors (Lipinski definition) is 6. The molecule has 1 N–H and O–H groups in total. The summed E-state index contributed by atoms with van der Waals surface area (Å²) in [7, 11) is 0. The Balaban J connectivity index is 1.84. The maximum Gasteiger partial charge on any atom is 0.407 e. The van der Waals surface area contributed by atoms with Gasteiger partial charge in [0.05, 0.1) is 12.2 Å². The van der Waals surface area contributed by atoms with Crippen LogP contribution in [0.3, 0.4) is 0 Å². The van der Waals surface area contributed by atoms with E-state index < -0.39 is 5.60 Å². The summed E-state index contributed by atoms with van der Waals surface area (Å²) in [5.74, 6) is 0.732. The molecule has 1 saturated heterocycles. The van der Waals surface area contributed by atoms with E-state index in [-0.39, 0.29) is 12.1 Å². The summed E-state index contributed by atoms with van der Waals surface area (Å²) < 4.78 is 5.23. The van der Waals surface area contributed by atoms with Gasteiger partial charge in [-0.05, 0) is 27.2 Å². The predicted molar refractivity (Wildman–Crippen MR) is 69.8 cm³/mol. The number of hydrogen-bond donors (Lipinski definition) is 1. The van der Waals surface area contributed by atoms with Crippen molar-refractivity contribution >= 4 is 11.9 Å². The minimum Gasteiger partial charge on any atom is -0.444 e. The standard InChI is InChI=1S/C12H19N5O2/c1-12(2,3)19-11(18)15-9-4-5-17(7-9)10-6-13-8-14-16-10/h6,8-9H,4-5,7H2,1-3H3,(H,15,18). The van der Waals surface area contributed by atoms with Gasteiger partial charge in [0, 0.05) is 13.1 Å². The number of nitrogens with one attached hydrogen (secondary N) is 1. The zero-order valence-corrected chi connectivity index (χ0v) is 11.5. The lowest BCUT2D eigenvalue weighted by atomic mass is 10.2. The highest BCUT2D eigenvalue weighted by atomic mass is 16.6. The number of aromatic nitrogens is 3. The van der Waals surface area contributed by atoms with E-state index in [1.54, 1.807) is 6.20 Å². The molecule has 7 heteroatoms. The maximum atomic E-state index is 11.7. The molecule has 2 heterocycles. The highest BCUT2D eigenvalue weighted by Gasteiger charge is 2.26. The van der Waals surface area contributed by atoms with Gasteiger partial charge in [0.2, 0.25) is 0 Å². The molecule has 0 spiro atoms. The zero-order valence-electron chi connectivity index (χ0n) is 11.5. The van der Waals surface area contributed by atoms with Crippen molar-refractivity contribution in [2.24, 2.45) is 0 Å². The van der Waals surface area contributed by atoms with Gasteiger partial charge >= 0.3 is 6.09 Å². The van der Waals surface area contributed by atoms with Crippen molar-refractivity contribution in [2.75, 3.05) is 18.0 Å². The lowest BCUT2D eigenvalue weighted by Gasteiger charge is -2.22. The molecule has 0 aliphatic carbocycles.